The Labute approximate surface area is 228 Å². The van der Waals surface area contributed by atoms with Crippen molar-refractivity contribution in [1.29, 1.82) is 0 Å². The predicted octanol–water partition coefficient (Wildman–Crippen LogP) is 4.58. The topological polar surface area (TPSA) is 120 Å². The van der Waals surface area contributed by atoms with Crippen molar-refractivity contribution in [2.24, 2.45) is 17.8 Å². The van der Waals surface area contributed by atoms with E-state index in [1.165, 1.54) is 6.92 Å². The number of carboxylic acids is 1. The summed E-state index contributed by atoms with van der Waals surface area (Å²) in [4.78, 5) is 36.2. The lowest BCUT2D eigenvalue weighted by molar-refractivity contribution is -0.270. The zero-order valence-electron chi connectivity index (χ0n) is 23.0. The highest BCUT2D eigenvalue weighted by atomic mass is 16.7. The van der Waals surface area contributed by atoms with Gasteiger partial charge in [-0.1, -0.05) is 69.3 Å². The minimum absolute atomic E-state index is 0.0556. The summed E-state index contributed by atoms with van der Waals surface area (Å²) in [6.07, 6.45) is -2.90. The number of nitrogens with one attached hydrogen (secondary N) is 1. The van der Waals surface area contributed by atoms with Gasteiger partial charge in [-0.2, -0.15) is 0 Å². The molecule has 7 atom stereocenters. The lowest BCUT2D eigenvalue weighted by Gasteiger charge is -2.44. The van der Waals surface area contributed by atoms with Gasteiger partial charge in [0.15, 0.2) is 12.3 Å². The highest BCUT2D eigenvalue weighted by molar-refractivity contribution is 5.81. The van der Waals surface area contributed by atoms with Crippen molar-refractivity contribution in [1.82, 2.24) is 5.32 Å². The van der Waals surface area contributed by atoms with Crippen LogP contribution in [0.2, 0.25) is 0 Å². The van der Waals surface area contributed by atoms with E-state index in [4.69, 9.17) is 18.9 Å². The Morgan fingerprint density at radius 3 is 2.05 bits per heavy atom. The van der Waals surface area contributed by atoms with Crippen LogP contribution in [0, 0.1) is 17.8 Å². The van der Waals surface area contributed by atoms with E-state index in [0.29, 0.717) is 0 Å². The average molecular weight is 540 g/mol. The fraction of sp³-hybridized carbons (Fsp3) is 0.500. The SMILES string of the molecule is CC(=O)OCC1O[C@H](O[C@H](C)[C@H](NC(=O)OCC2c3ccccc3-c3ccccc32)C(=O)O)C(C)[C@@H](C)[C@H]1C. The molecule has 2 unspecified atom stereocenters. The fourth-order valence-electron chi connectivity index (χ4n) is 5.47. The van der Waals surface area contributed by atoms with Gasteiger partial charge in [0, 0.05) is 18.8 Å². The molecule has 2 N–H and O–H groups in total. The van der Waals surface area contributed by atoms with Crippen LogP contribution in [0.25, 0.3) is 11.1 Å². The smallest absolute Gasteiger partial charge is 0.407 e. The number of aliphatic carboxylic acids is 1. The molecule has 2 aliphatic rings. The number of hydrogen-bond acceptors (Lipinski definition) is 7. The highest BCUT2D eigenvalue weighted by Crippen LogP contribution is 2.44. The van der Waals surface area contributed by atoms with E-state index < -0.39 is 42.6 Å². The number of carbonyl (C=O) groups excluding carboxylic acids is 2. The van der Waals surface area contributed by atoms with Crippen molar-refractivity contribution in [3.8, 4) is 11.1 Å². The molecule has 39 heavy (non-hydrogen) atoms. The number of benzene rings is 2. The molecule has 0 bridgehead atoms. The van der Waals surface area contributed by atoms with Crippen molar-refractivity contribution in [3.63, 3.8) is 0 Å². The number of carboxylic acid groups (broad SMARTS) is 1. The zero-order chi connectivity index (χ0) is 28.3. The molecule has 0 saturated carbocycles. The number of hydrogen-bond donors (Lipinski definition) is 2. The molecule has 0 aromatic heterocycles. The third-order valence-corrected chi connectivity index (χ3v) is 8.14. The number of fused-ring (bicyclic) bond motifs is 3. The van der Waals surface area contributed by atoms with E-state index >= 15 is 0 Å². The van der Waals surface area contributed by atoms with Gasteiger partial charge in [0.2, 0.25) is 0 Å². The second kappa shape index (κ2) is 12.2. The van der Waals surface area contributed by atoms with Gasteiger partial charge in [0.05, 0.1) is 12.2 Å². The average Bonchev–Trinajstić information content (AvgIpc) is 3.23. The summed E-state index contributed by atoms with van der Waals surface area (Å²) in [6.45, 7) is 9.11. The Hall–Kier alpha value is -3.43. The molecule has 2 aromatic carbocycles. The molecular formula is C30H37NO8. The monoisotopic (exact) mass is 539 g/mol. The van der Waals surface area contributed by atoms with Crippen molar-refractivity contribution >= 4 is 18.0 Å². The van der Waals surface area contributed by atoms with Gasteiger partial charge in [0.1, 0.15) is 13.2 Å². The van der Waals surface area contributed by atoms with Crippen molar-refractivity contribution in [2.75, 3.05) is 13.2 Å². The third-order valence-electron chi connectivity index (χ3n) is 8.14. The van der Waals surface area contributed by atoms with Crippen LogP contribution in [0.15, 0.2) is 48.5 Å². The Bertz CT molecular complexity index is 1150. The summed E-state index contributed by atoms with van der Waals surface area (Å²) < 4.78 is 22.8. The summed E-state index contributed by atoms with van der Waals surface area (Å²) in [5, 5.41) is 12.3. The molecule has 4 rings (SSSR count). The third kappa shape index (κ3) is 6.25. The first-order valence-electron chi connectivity index (χ1n) is 13.4. The van der Waals surface area contributed by atoms with E-state index in [1.807, 2.05) is 62.4 Å². The first kappa shape index (κ1) is 28.6. The molecule has 1 saturated heterocycles. The van der Waals surface area contributed by atoms with Crippen LogP contribution in [0.4, 0.5) is 4.79 Å². The molecule has 1 aliphatic heterocycles. The van der Waals surface area contributed by atoms with Crippen molar-refractivity contribution in [2.45, 2.75) is 65.1 Å². The van der Waals surface area contributed by atoms with Gasteiger partial charge in [-0.3, -0.25) is 4.79 Å². The molecule has 0 spiro atoms. The minimum atomic E-state index is -1.36. The summed E-state index contributed by atoms with van der Waals surface area (Å²) in [5.74, 6) is -1.59. The van der Waals surface area contributed by atoms with Gasteiger partial charge in [0.25, 0.3) is 0 Å². The van der Waals surface area contributed by atoms with Crippen molar-refractivity contribution < 1.29 is 38.4 Å². The van der Waals surface area contributed by atoms with Gasteiger partial charge in [-0.25, -0.2) is 9.59 Å². The van der Waals surface area contributed by atoms with Gasteiger partial charge in [-0.05, 0) is 41.0 Å². The number of ether oxygens (including phenoxy) is 4. The first-order valence-corrected chi connectivity index (χ1v) is 13.4. The highest BCUT2D eigenvalue weighted by Gasteiger charge is 2.42. The van der Waals surface area contributed by atoms with E-state index in [0.717, 1.165) is 22.3 Å². The summed E-state index contributed by atoms with van der Waals surface area (Å²) in [6, 6.07) is 14.6. The number of carbonyl (C=O) groups is 3. The lowest BCUT2D eigenvalue weighted by Crippen LogP contribution is -2.53. The van der Waals surface area contributed by atoms with Crippen molar-refractivity contribution in [3.05, 3.63) is 59.7 Å². The van der Waals surface area contributed by atoms with E-state index in [1.54, 1.807) is 6.92 Å². The molecule has 210 valence electrons. The van der Waals surface area contributed by atoms with Gasteiger partial charge in [-0.15, -0.1) is 0 Å². The van der Waals surface area contributed by atoms with Crippen LogP contribution in [-0.4, -0.2) is 60.9 Å². The van der Waals surface area contributed by atoms with Gasteiger partial charge >= 0.3 is 18.0 Å². The molecule has 1 aliphatic carbocycles. The van der Waals surface area contributed by atoms with E-state index in [-0.39, 0.29) is 36.9 Å². The van der Waals surface area contributed by atoms with Gasteiger partial charge < -0.3 is 29.4 Å². The quantitative estimate of drug-likeness (QED) is 0.445. The molecule has 1 fully saturated rings. The number of rotatable bonds is 9. The predicted molar refractivity (Wildman–Crippen MR) is 143 cm³/mol. The molecule has 0 radical (unpaired) electrons. The second-order valence-electron chi connectivity index (χ2n) is 10.5. The number of amides is 1. The standard InChI is InChI=1S/C30H37NO8/c1-16-17(2)26(15-36-20(5)32)39-29(18(16)3)38-19(4)27(28(33)34)31-30(35)37-14-25-23-12-8-6-10-21(23)22-11-7-9-13-24(22)25/h6-13,16-19,25-27,29H,14-15H2,1-5H3,(H,31,35)(H,33,34)/t16-,17+,18?,19+,26?,27-,29-/m0/s1. The summed E-state index contributed by atoms with van der Waals surface area (Å²) in [7, 11) is 0. The van der Waals surface area contributed by atoms with Crippen LogP contribution in [0.5, 0.6) is 0 Å². The fourth-order valence-corrected chi connectivity index (χ4v) is 5.47. The van der Waals surface area contributed by atoms with Crippen LogP contribution >= 0.6 is 0 Å². The Balaban J connectivity index is 1.38. The zero-order valence-corrected chi connectivity index (χ0v) is 23.0. The van der Waals surface area contributed by atoms with Crippen LogP contribution < -0.4 is 5.32 Å². The summed E-state index contributed by atoms with van der Waals surface area (Å²) in [5.41, 5.74) is 4.33. The maximum Gasteiger partial charge on any atom is 0.407 e. The maximum atomic E-state index is 12.8. The molecule has 2 aromatic rings. The number of esters is 1. The van der Waals surface area contributed by atoms with Crippen LogP contribution in [-0.2, 0) is 28.5 Å². The maximum absolute atomic E-state index is 12.8. The first-order chi connectivity index (χ1) is 18.6. The van der Waals surface area contributed by atoms with E-state index in [9.17, 15) is 19.5 Å². The second-order valence-corrected chi connectivity index (χ2v) is 10.5. The molecule has 9 heteroatoms. The largest absolute Gasteiger partial charge is 0.480 e. The molecule has 1 heterocycles. The van der Waals surface area contributed by atoms with Crippen LogP contribution in [0.3, 0.4) is 0 Å². The number of alkyl carbamates (subject to hydrolysis) is 1. The summed E-state index contributed by atoms with van der Waals surface area (Å²) >= 11 is 0. The lowest BCUT2D eigenvalue weighted by atomic mass is 9.79. The molecular weight excluding hydrogens is 502 g/mol. The minimum Gasteiger partial charge on any atom is -0.480 e. The molecule has 1 amide bonds. The normalized spacial score (nSPS) is 25.6. The Morgan fingerprint density at radius 1 is 0.897 bits per heavy atom. The van der Waals surface area contributed by atoms with E-state index in [2.05, 4.69) is 12.2 Å². The van der Waals surface area contributed by atoms with Crippen LogP contribution in [0.1, 0.15) is 51.7 Å². The molecule has 9 nitrogen and oxygen atoms in total. The Kier molecular flexibility index (Phi) is 8.92. The Morgan fingerprint density at radius 2 is 1.49 bits per heavy atom.